The van der Waals surface area contributed by atoms with E-state index in [1.54, 1.807) is 18.2 Å². The van der Waals surface area contributed by atoms with Gasteiger partial charge in [0.2, 0.25) is 0 Å². The normalized spacial score (nSPS) is 14.6. The average Bonchev–Trinajstić information content (AvgIpc) is 3.44. The third-order valence-corrected chi connectivity index (χ3v) is 6.37. The first-order valence-corrected chi connectivity index (χ1v) is 12.1. The second-order valence-electron chi connectivity index (χ2n) is 8.64. The van der Waals surface area contributed by atoms with E-state index in [2.05, 4.69) is 96.4 Å². The number of hydrogen-bond acceptors (Lipinski definition) is 7. The number of benzene rings is 3. The fourth-order valence-corrected chi connectivity index (χ4v) is 4.58. The van der Waals surface area contributed by atoms with Crippen molar-refractivity contribution in [1.29, 1.82) is 0 Å². The largest absolute Gasteiger partial charge is 0.491 e. The fraction of sp³-hybridized carbons (Fsp3) is 0.259. The third-order valence-electron chi connectivity index (χ3n) is 6.37. The molecule has 9 heteroatoms. The first kappa shape index (κ1) is 23.7. The van der Waals surface area contributed by atoms with Crippen LogP contribution in [0.2, 0.25) is 0 Å². The van der Waals surface area contributed by atoms with Crippen molar-refractivity contribution in [2.24, 2.45) is 0 Å². The van der Waals surface area contributed by atoms with Crippen molar-refractivity contribution in [1.82, 2.24) is 30.4 Å². The molecule has 184 valence electrons. The molecule has 1 aliphatic heterocycles. The molecule has 1 saturated heterocycles. The summed E-state index contributed by atoms with van der Waals surface area (Å²) in [6.07, 6.45) is 0. The first-order chi connectivity index (χ1) is 17.8. The van der Waals surface area contributed by atoms with Crippen molar-refractivity contribution in [3.63, 3.8) is 0 Å². The minimum atomic E-state index is -0.339. The molecular weight excluding hydrogens is 454 g/mol. The molecule has 2 heterocycles. The molecule has 0 radical (unpaired) electrons. The van der Waals surface area contributed by atoms with Crippen LogP contribution in [0.15, 0.2) is 84.9 Å². The molecule has 1 aromatic heterocycles. The summed E-state index contributed by atoms with van der Waals surface area (Å²) in [6.45, 7) is 5.14. The van der Waals surface area contributed by atoms with Crippen molar-refractivity contribution >= 4 is 11.9 Å². The number of piperazine rings is 1. The fourth-order valence-electron chi connectivity index (χ4n) is 4.58. The second kappa shape index (κ2) is 11.6. The Balaban J connectivity index is 1.16. The number of carbonyl (C=O) groups is 1. The zero-order chi connectivity index (χ0) is 24.6. The number of nitrogens with one attached hydrogen (secondary N) is 2. The summed E-state index contributed by atoms with van der Waals surface area (Å²) in [5.41, 5.74) is 3.06. The quantitative estimate of drug-likeness (QED) is 0.377. The van der Waals surface area contributed by atoms with Crippen LogP contribution in [0.5, 0.6) is 5.75 Å². The summed E-state index contributed by atoms with van der Waals surface area (Å²) < 4.78 is 6.01. The second-order valence-corrected chi connectivity index (χ2v) is 8.64. The molecule has 0 atom stereocenters. The van der Waals surface area contributed by atoms with Crippen LogP contribution in [0.25, 0.3) is 0 Å². The summed E-state index contributed by atoms with van der Waals surface area (Å²) in [5.74, 6) is 0.316. The lowest BCUT2D eigenvalue weighted by Crippen LogP contribution is -2.48. The highest BCUT2D eigenvalue weighted by Gasteiger charge is 2.26. The molecule has 0 spiro atoms. The van der Waals surface area contributed by atoms with Gasteiger partial charge < -0.3 is 4.74 Å². The average molecular weight is 484 g/mol. The Morgan fingerprint density at radius 1 is 0.889 bits per heavy atom. The zero-order valence-corrected chi connectivity index (χ0v) is 20.0. The smallest absolute Gasteiger partial charge is 0.270 e. The number of amides is 1. The molecule has 0 bridgehead atoms. The summed E-state index contributed by atoms with van der Waals surface area (Å²) in [5, 5.41) is 15.9. The Kier molecular flexibility index (Phi) is 7.60. The van der Waals surface area contributed by atoms with Crippen LogP contribution in [-0.2, 0) is 0 Å². The van der Waals surface area contributed by atoms with Gasteiger partial charge in [-0.3, -0.25) is 19.9 Å². The number of hydrogen-bond donors (Lipinski definition) is 2. The summed E-state index contributed by atoms with van der Waals surface area (Å²) in [6, 6.07) is 28.8. The molecule has 1 aliphatic rings. The van der Waals surface area contributed by atoms with Crippen LogP contribution in [0, 0.1) is 0 Å². The zero-order valence-electron chi connectivity index (χ0n) is 20.0. The standard InChI is InChI=1S/C27H29N7O2/c35-26(28-27-29-31-32-30-27)23-13-7-8-14-24(23)36-20-19-33-15-17-34(18-16-33)25(21-9-3-1-4-10-21)22-11-5-2-6-12-22/h1-14,25H,15-20H2,(H2,28,29,30,31,32,35). The van der Waals surface area contributed by atoms with E-state index in [4.69, 9.17) is 4.74 Å². The van der Waals surface area contributed by atoms with E-state index in [-0.39, 0.29) is 17.9 Å². The van der Waals surface area contributed by atoms with Gasteiger partial charge in [-0.15, -0.1) is 5.10 Å². The predicted molar refractivity (Wildman–Crippen MR) is 137 cm³/mol. The maximum Gasteiger partial charge on any atom is 0.270 e. The summed E-state index contributed by atoms with van der Waals surface area (Å²) >= 11 is 0. The molecule has 9 nitrogen and oxygen atoms in total. The molecule has 4 aromatic rings. The highest BCUT2D eigenvalue weighted by Crippen LogP contribution is 2.29. The van der Waals surface area contributed by atoms with Gasteiger partial charge in [-0.2, -0.15) is 5.21 Å². The van der Waals surface area contributed by atoms with Gasteiger partial charge in [-0.05, 0) is 28.5 Å². The molecular formula is C27H29N7O2. The van der Waals surface area contributed by atoms with E-state index in [1.807, 2.05) is 6.07 Å². The number of carbonyl (C=O) groups excluding carboxylic acids is 1. The topological polar surface area (TPSA) is 99.3 Å². The summed E-state index contributed by atoms with van der Waals surface area (Å²) in [4.78, 5) is 17.6. The van der Waals surface area contributed by atoms with Gasteiger partial charge in [0, 0.05) is 32.7 Å². The molecule has 0 aliphatic carbocycles. The number of rotatable bonds is 9. The number of aromatic nitrogens is 4. The molecule has 36 heavy (non-hydrogen) atoms. The van der Waals surface area contributed by atoms with E-state index in [1.165, 1.54) is 11.1 Å². The molecule has 1 amide bonds. The number of H-pyrrole nitrogens is 1. The lowest BCUT2D eigenvalue weighted by Gasteiger charge is -2.39. The van der Waals surface area contributed by atoms with Gasteiger partial charge in [0.25, 0.3) is 11.9 Å². The van der Waals surface area contributed by atoms with Crippen molar-refractivity contribution in [3.05, 3.63) is 102 Å². The minimum Gasteiger partial charge on any atom is -0.491 e. The van der Waals surface area contributed by atoms with Gasteiger partial charge >= 0.3 is 0 Å². The highest BCUT2D eigenvalue weighted by atomic mass is 16.5. The lowest BCUT2D eigenvalue weighted by molar-refractivity contribution is 0.0963. The van der Waals surface area contributed by atoms with Crippen LogP contribution < -0.4 is 10.1 Å². The molecule has 1 fully saturated rings. The van der Waals surface area contributed by atoms with E-state index in [0.717, 1.165) is 32.7 Å². The van der Waals surface area contributed by atoms with Gasteiger partial charge in [0.05, 0.1) is 11.6 Å². The van der Waals surface area contributed by atoms with Crippen molar-refractivity contribution in [3.8, 4) is 5.75 Å². The Bertz CT molecular complexity index is 1190. The maximum atomic E-state index is 12.6. The van der Waals surface area contributed by atoms with Crippen LogP contribution >= 0.6 is 0 Å². The van der Waals surface area contributed by atoms with Gasteiger partial charge in [-0.25, -0.2) is 0 Å². The maximum absolute atomic E-state index is 12.6. The van der Waals surface area contributed by atoms with E-state index < -0.39 is 0 Å². The Morgan fingerprint density at radius 2 is 1.53 bits per heavy atom. The van der Waals surface area contributed by atoms with Crippen molar-refractivity contribution in [2.75, 3.05) is 44.6 Å². The molecule has 3 aromatic carbocycles. The number of tetrazole rings is 1. The number of para-hydroxylation sites is 1. The van der Waals surface area contributed by atoms with Crippen LogP contribution in [0.3, 0.4) is 0 Å². The molecule has 2 N–H and O–H groups in total. The predicted octanol–water partition coefficient (Wildman–Crippen LogP) is 3.24. The van der Waals surface area contributed by atoms with Gasteiger partial charge in [-0.1, -0.05) is 77.9 Å². The van der Waals surface area contributed by atoms with Crippen LogP contribution in [0.4, 0.5) is 5.95 Å². The third kappa shape index (κ3) is 5.76. The van der Waals surface area contributed by atoms with Gasteiger partial charge in [0.15, 0.2) is 0 Å². The van der Waals surface area contributed by atoms with E-state index in [0.29, 0.717) is 17.9 Å². The monoisotopic (exact) mass is 483 g/mol. The highest BCUT2D eigenvalue weighted by molar-refractivity contribution is 6.05. The van der Waals surface area contributed by atoms with Crippen LogP contribution in [-0.4, -0.2) is 75.7 Å². The molecule has 5 rings (SSSR count). The Labute approximate surface area is 210 Å². The van der Waals surface area contributed by atoms with Crippen molar-refractivity contribution < 1.29 is 9.53 Å². The van der Waals surface area contributed by atoms with E-state index >= 15 is 0 Å². The number of ether oxygens (including phenoxy) is 1. The lowest BCUT2D eigenvalue weighted by atomic mass is 9.96. The van der Waals surface area contributed by atoms with Crippen LogP contribution in [0.1, 0.15) is 27.5 Å². The molecule has 0 unspecified atom stereocenters. The van der Waals surface area contributed by atoms with Gasteiger partial charge in [0.1, 0.15) is 12.4 Å². The number of nitrogens with zero attached hydrogens (tertiary/aromatic N) is 5. The Hall–Kier alpha value is -4.08. The van der Waals surface area contributed by atoms with Crippen molar-refractivity contribution in [2.45, 2.75) is 6.04 Å². The summed E-state index contributed by atoms with van der Waals surface area (Å²) in [7, 11) is 0. The molecule has 0 saturated carbocycles. The Morgan fingerprint density at radius 3 is 2.17 bits per heavy atom. The minimum absolute atomic E-state index is 0.122. The number of aromatic amines is 1. The SMILES string of the molecule is O=C(Nc1nn[nH]n1)c1ccccc1OCCN1CCN(C(c2ccccc2)c2ccccc2)CC1. The number of anilines is 1. The van der Waals surface area contributed by atoms with E-state index in [9.17, 15) is 4.79 Å². The first-order valence-electron chi connectivity index (χ1n) is 12.1.